The Labute approximate surface area is 112 Å². The lowest BCUT2D eigenvalue weighted by atomic mass is 9.95. The molecule has 1 heterocycles. The number of fused-ring (bicyclic) bond motifs is 1. The Hall–Kier alpha value is -1.22. The molecule has 2 aliphatic rings. The van der Waals surface area contributed by atoms with Crippen molar-refractivity contribution in [3.63, 3.8) is 0 Å². The fourth-order valence-corrected chi connectivity index (χ4v) is 3.04. The van der Waals surface area contributed by atoms with E-state index in [0.717, 1.165) is 16.9 Å². The van der Waals surface area contributed by atoms with E-state index in [-0.39, 0.29) is 5.91 Å². The van der Waals surface area contributed by atoms with Crippen LogP contribution >= 0.6 is 11.6 Å². The molecule has 3 rings (SSSR count). The zero-order chi connectivity index (χ0) is 12.5. The summed E-state index contributed by atoms with van der Waals surface area (Å²) >= 11 is 6.26. The van der Waals surface area contributed by atoms with Crippen molar-refractivity contribution in [1.29, 1.82) is 0 Å². The van der Waals surface area contributed by atoms with Gasteiger partial charge in [0, 0.05) is 11.7 Å². The summed E-state index contributed by atoms with van der Waals surface area (Å²) in [5.41, 5.74) is 2.88. The van der Waals surface area contributed by atoms with E-state index in [1.54, 1.807) is 0 Å². The van der Waals surface area contributed by atoms with Crippen LogP contribution in [0.5, 0.6) is 0 Å². The van der Waals surface area contributed by atoms with E-state index in [2.05, 4.69) is 10.6 Å². The smallest absolute Gasteiger partial charge is 0.228 e. The fourth-order valence-electron chi connectivity index (χ4n) is 2.83. The van der Waals surface area contributed by atoms with Crippen molar-refractivity contribution in [1.82, 2.24) is 0 Å². The molecule has 1 saturated carbocycles. The maximum Gasteiger partial charge on any atom is 0.228 e. The quantitative estimate of drug-likeness (QED) is 0.857. The third-order valence-electron chi connectivity index (χ3n) is 3.78. The summed E-state index contributed by atoms with van der Waals surface area (Å²) in [4.78, 5) is 11.3. The molecule has 1 aliphatic carbocycles. The Morgan fingerprint density at radius 1 is 1.22 bits per heavy atom. The largest absolute Gasteiger partial charge is 0.381 e. The molecule has 1 aromatic carbocycles. The molecule has 0 spiro atoms. The van der Waals surface area contributed by atoms with Crippen LogP contribution in [0.25, 0.3) is 0 Å². The molecule has 18 heavy (non-hydrogen) atoms. The molecule has 0 atom stereocenters. The van der Waals surface area contributed by atoms with Gasteiger partial charge in [-0.15, -0.1) is 0 Å². The van der Waals surface area contributed by atoms with Gasteiger partial charge in [0.15, 0.2) is 0 Å². The van der Waals surface area contributed by atoms with Crippen LogP contribution in [0.3, 0.4) is 0 Å². The topological polar surface area (TPSA) is 41.1 Å². The Bertz CT molecular complexity index is 481. The van der Waals surface area contributed by atoms with Crippen LogP contribution in [-0.4, -0.2) is 11.9 Å². The number of carbonyl (C=O) groups is 1. The second-order valence-electron chi connectivity index (χ2n) is 5.19. The molecule has 1 aromatic rings. The van der Waals surface area contributed by atoms with Gasteiger partial charge in [0.25, 0.3) is 0 Å². The van der Waals surface area contributed by atoms with Crippen molar-refractivity contribution in [2.24, 2.45) is 0 Å². The minimum Gasteiger partial charge on any atom is -0.381 e. The highest BCUT2D eigenvalue weighted by Crippen LogP contribution is 2.34. The summed E-state index contributed by atoms with van der Waals surface area (Å²) in [5.74, 6) is 0.0517. The molecule has 0 saturated heterocycles. The number of benzene rings is 1. The average molecular weight is 265 g/mol. The highest BCUT2D eigenvalue weighted by atomic mass is 35.5. The van der Waals surface area contributed by atoms with Crippen LogP contribution in [0.4, 0.5) is 11.4 Å². The minimum absolute atomic E-state index is 0.0517. The number of nitrogens with one attached hydrogen (secondary N) is 2. The molecule has 0 aromatic heterocycles. The van der Waals surface area contributed by atoms with Gasteiger partial charge in [-0.25, -0.2) is 0 Å². The first-order valence-electron chi connectivity index (χ1n) is 6.61. The Morgan fingerprint density at radius 2 is 2.00 bits per heavy atom. The molecule has 4 heteroatoms. The van der Waals surface area contributed by atoms with E-state index in [9.17, 15) is 4.79 Å². The number of carbonyl (C=O) groups excluding carboxylic acids is 1. The van der Waals surface area contributed by atoms with Crippen molar-refractivity contribution in [2.75, 3.05) is 10.6 Å². The summed E-state index contributed by atoms with van der Waals surface area (Å²) in [7, 11) is 0. The van der Waals surface area contributed by atoms with Crippen molar-refractivity contribution in [3.05, 3.63) is 22.7 Å². The van der Waals surface area contributed by atoms with E-state index < -0.39 is 0 Å². The van der Waals surface area contributed by atoms with E-state index >= 15 is 0 Å². The predicted octanol–water partition coefficient (Wildman–Crippen LogP) is 3.58. The average Bonchev–Trinajstić information content (AvgIpc) is 2.70. The number of hydrogen-bond acceptors (Lipinski definition) is 2. The zero-order valence-corrected chi connectivity index (χ0v) is 11.0. The predicted molar refractivity (Wildman–Crippen MR) is 74.3 cm³/mol. The number of rotatable bonds is 2. The van der Waals surface area contributed by atoms with Gasteiger partial charge in [-0.05, 0) is 30.5 Å². The molecule has 1 aliphatic heterocycles. The van der Waals surface area contributed by atoms with Crippen LogP contribution in [0.15, 0.2) is 12.1 Å². The van der Waals surface area contributed by atoms with Gasteiger partial charge in [0.1, 0.15) is 0 Å². The second-order valence-corrected chi connectivity index (χ2v) is 5.60. The molecule has 1 amide bonds. The number of anilines is 2. The van der Waals surface area contributed by atoms with Crippen molar-refractivity contribution in [3.8, 4) is 0 Å². The minimum atomic E-state index is 0.0517. The van der Waals surface area contributed by atoms with Crippen LogP contribution in [0.2, 0.25) is 5.02 Å². The molecule has 1 fully saturated rings. The van der Waals surface area contributed by atoms with Gasteiger partial charge in [-0.3, -0.25) is 4.79 Å². The van der Waals surface area contributed by atoms with Crippen molar-refractivity contribution in [2.45, 2.75) is 44.6 Å². The van der Waals surface area contributed by atoms with Gasteiger partial charge >= 0.3 is 0 Å². The summed E-state index contributed by atoms with van der Waals surface area (Å²) in [5, 5.41) is 7.04. The molecule has 0 bridgehead atoms. The standard InChI is InChI=1S/C14H17ClN2O/c15-11-8-12-9(7-14(18)17-12)6-13(11)16-10-4-2-1-3-5-10/h6,8,10,16H,1-5,7H2,(H,17,18). The first-order chi connectivity index (χ1) is 8.72. The molecular formula is C14H17ClN2O. The van der Waals surface area contributed by atoms with Crippen molar-refractivity contribution >= 4 is 28.9 Å². The molecule has 3 nitrogen and oxygen atoms in total. The molecule has 0 radical (unpaired) electrons. The summed E-state index contributed by atoms with van der Waals surface area (Å²) in [6.45, 7) is 0. The number of halogens is 1. The second kappa shape index (κ2) is 4.81. The molecular weight excluding hydrogens is 248 g/mol. The van der Waals surface area contributed by atoms with Gasteiger partial charge in [0.2, 0.25) is 5.91 Å². The first-order valence-corrected chi connectivity index (χ1v) is 6.99. The van der Waals surface area contributed by atoms with Crippen LogP contribution < -0.4 is 10.6 Å². The number of amides is 1. The lowest BCUT2D eigenvalue weighted by molar-refractivity contribution is -0.115. The molecule has 96 valence electrons. The molecule has 2 N–H and O–H groups in total. The third-order valence-corrected chi connectivity index (χ3v) is 4.10. The maximum absolute atomic E-state index is 11.3. The zero-order valence-electron chi connectivity index (χ0n) is 10.3. The van der Waals surface area contributed by atoms with Crippen molar-refractivity contribution < 1.29 is 4.79 Å². The molecule has 0 unspecified atom stereocenters. The summed E-state index contributed by atoms with van der Waals surface area (Å²) < 4.78 is 0. The third kappa shape index (κ3) is 2.32. The van der Waals surface area contributed by atoms with E-state index in [4.69, 9.17) is 11.6 Å². The van der Waals surface area contributed by atoms with Gasteiger partial charge in [0.05, 0.1) is 17.1 Å². The van der Waals surface area contributed by atoms with Crippen LogP contribution in [-0.2, 0) is 11.2 Å². The van der Waals surface area contributed by atoms with Gasteiger partial charge < -0.3 is 10.6 Å². The highest BCUT2D eigenvalue weighted by molar-refractivity contribution is 6.33. The summed E-state index contributed by atoms with van der Waals surface area (Å²) in [6.07, 6.45) is 6.82. The normalized spacial score (nSPS) is 19.5. The Balaban J connectivity index is 1.80. The highest BCUT2D eigenvalue weighted by Gasteiger charge is 2.21. The monoisotopic (exact) mass is 264 g/mol. The first kappa shape index (κ1) is 11.8. The maximum atomic E-state index is 11.3. The fraction of sp³-hybridized carbons (Fsp3) is 0.500. The Kier molecular flexibility index (Phi) is 3.16. The van der Waals surface area contributed by atoms with Gasteiger partial charge in [-0.1, -0.05) is 30.9 Å². The van der Waals surface area contributed by atoms with E-state index in [0.29, 0.717) is 17.5 Å². The lowest BCUT2D eigenvalue weighted by Crippen LogP contribution is -2.22. The van der Waals surface area contributed by atoms with E-state index in [1.165, 1.54) is 32.1 Å². The Morgan fingerprint density at radius 3 is 2.78 bits per heavy atom. The van der Waals surface area contributed by atoms with Crippen LogP contribution in [0, 0.1) is 0 Å². The van der Waals surface area contributed by atoms with Gasteiger partial charge in [-0.2, -0.15) is 0 Å². The summed E-state index contributed by atoms with van der Waals surface area (Å²) in [6, 6.07) is 4.40. The lowest BCUT2D eigenvalue weighted by Gasteiger charge is -2.24. The SMILES string of the molecule is O=C1Cc2cc(NC3CCCCC3)c(Cl)cc2N1. The number of hydrogen-bond donors (Lipinski definition) is 2. The van der Waals surface area contributed by atoms with Crippen LogP contribution in [0.1, 0.15) is 37.7 Å². The van der Waals surface area contributed by atoms with E-state index in [1.807, 2.05) is 12.1 Å².